The third-order valence-corrected chi connectivity index (χ3v) is 3.91. The van der Waals surface area contributed by atoms with E-state index in [9.17, 15) is 9.59 Å². The number of carboxylic acids is 1. The van der Waals surface area contributed by atoms with Crippen LogP contribution in [0.3, 0.4) is 0 Å². The van der Waals surface area contributed by atoms with Crippen molar-refractivity contribution in [3.63, 3.8) is 0 Å². The lowest BCUT2D eigenvalue weighted by Crippen LogP contribution is -2.46. The Kier molecular flexibility index (Phi) is 9.21. The van der Waals surface area contributed by atoms with Crippen LogP contribution in [0.2, 0.25) is 0 Å². The lowest BCUT2D eigenvalue weighted by Gasteiger charge is -2.25. The summed E-state index contributed by atoms with van der Waals surface area (Å²) in [4.78, 5) is 22.6. The Bertz CT molecular complexity index is 300. The molecule has 5 heteroatoms. The highest BCUT2D eigenvalue weighted by atomic mass is 16.5. The van der Waals surface area contributed by atoms with Gasteiger partial charge in [0.25, 0.3) is 5.91 Å². The monoisotopic (exact) mass is 287 g/mol. The third-order valence-electron chi connectivity index (χ3n) is 3.91. The van der Waals surface area contributed by atoms with E-state index in [1.165, 1.54) is 7.11 Å². The first-order valence-electron chi connectivity index (χ1n) is 7.44. The molecule has 0 radical (unpaired) electrons. The van der Waals surface area contributed by atoms with Crippen molar-refractivity contribution in [1.29, 1.82) is 0 Å². The second kappa shape index (κ2) is 9.75. The van der Waals surface area contributed by atoms with Crippen LogP contribution in [0.25, 0.3) is 0 Å². The van der Waals surface area contributed by atoms with Crippen molar-refractivity contribution < 1.29 is 19.4 Å². The van der Waals surface area contributed by atoms with Crippen LogP contribution >= 0.6 is 0 Å². The maximum Gasteiger partial charge on any atom is 0.303 e. The van der Waals surface area contributed by atoms with Crippen molar-refractivity contribution in [2.45, 2.75) is 64.9 Å². The average Bonchev–Trinajstić information content (AvgIpc) is 2.43. The van der Waals surface area contributed by atoms with E-state index in [1.807, 2.05) is 6.92 Å². The smallest absolute Gasteiger partial charge is 0.303 e. The van der Waals surface area contributed by atoms with Crippen molar-refractivity contribution in [3.05, 3.63) is 0 Å². The molecule has 0 fully saturated rings. The molecule has 20 heavy (non-hydrogen) atoms. The summed E-state index contributed by atoms with van der Waals surface area (Å²) in [5, 5.41) is 11.6. The number of carbonyl (C=O) groups is 2. The van der Waals surface area contributed by atoms with Gasteiger partial charge in [0.05, 0.1) is 0 Å². The Morgan fingerprint density at radius 1 is 1.25 bits per heavy atom. The molecular formula is C15H29NO4. The first-order valence-corrected chi connectivity index (χ1v) is 7.44. The molecule has 0 rings (SSSR count). The Morgan fingerprint density at radius 3 is 2.35 bits per heavy atom. The van der Waals surface area contributed by atoms with E-state index in [1.54, 1.807) is 6.92 Å². The van der Waals surface area contributed by atoms with Crippen LogP contribution in [-0.2, 0) is 14.3 Å². The highest BCUT2D eigenvalue weighted by Gasteiger charge is 2.30. The third kappa shape index (κ3) is 6.89. The zero-order valence-corrected chi connectivity index (χ0v) is 13.2. The van der Waals surface area contributed by atoms with Crippen molar-refractivity contribution in [1.82, 2.24) is 5.32 Å². The summed E-state index contributed by atoms with van der Waals surface area (Å²) in [6.07, 6.45) is 4.34. The van der Waals surface area contributed by atoms with Gasteiger partial charge in [0, 0.05) is 20.1 Å². The van der Waals surface area contributed by atoms with Crippen LogP contribution < -0.4 is 5.32 Å². The van der Waals surface area contributed by atoms with Gasteiger partial charge < -0.3 is 15.2 Å². The van der Waals surface area contributed by atoms with Gasteiger partial charge in [-0.1, -0.05) is 26.7 Å². The number of ether oxygens (including phenoxy) is 1. The highest BCUT2D eigenvalue weighted by molar-refractivity contribution is 5.84. The summed E-state index contributed by atoms with van der Waals surface area (Å²) in [7, 11) is 1.54. The van der Waals surface area contributed by atoms with Crippen LogP contribution in [-0.4, -0.2) is 36.2 Å². The molecule has 0 saturated heterocycles. The Labute approximate surface area is 122 Å². The van der Waals surface area contributed by atoms with Gasteiger partial charge in [-0.25, -0.2) is 0 Å². The Morgan fingerprint density at radius 2 is 1.90 bits per heavy atom. The van der Waals surface area contributed by atoms with Gasteiger partial charge in [0.15, 0.2) is 0 Å². The topological polar surface area (TPSA) is 75.6 Å². The van der Waals surface area contributed by atoms with Gasteiger partial charge in [-0.05, 0) is 32.1 Å². The van der Waals surface area contributed by atoms with Gasteiger partial charge in [-0.2, -0.15) is 0 Å². The number of rotatable bonds is 11. The van der Waals surface area contributed by atoms with Crippen LogP contribution in [0.4, 0.5) is 0 Å². The normalized spacial score (nSPS) is 15.4. The average molecular weight is 287 g/mol. The zero-order valence-electron chi connectivity index (χ0n) is 13.2. The minimum Gasteiger partial charge on any atom is -0.481 e. The van der Waals surface area contributed by atoms with Gasteiger partial charge in [-0.3, -0.25) is 9.59 Å². The number of amides is 1. The number of nitrogens with one attached hydrogen (secondary N) is 1. The predicted molar refractivity (Wildman–Crippen MR) is 78.6 cm³/mol. The standard InChI is InChI=1S/C15H29NO4/c1-5-7-12(8-9-13(17)18)10-11-16-14(19)15(3,6-2)20-4/h12H,5-11H2,1-4H3,(H,16,19)(H,17,18). The minimum absolute atomic E-state index is 0.101. The molecule has 0 saturated carbocycles. The number of carboxylic acid groups (broad SMARTS) is 1. The van der Waals surface area contributed by atoms with E-state index in [4.69, 9.17) is 9.84 Å². The molecule has 2 atom stereocenters. The summed E-state index contributed by atoms with van der Waals surface area (Å²) in [5.41, 5.74) is -0.776. The van der Waals surface area contributed by atoms with Crippen molar-refractivity contribution in [3.8, 4) is 0 Å². The maximum atomic E-state index is 12.0. The molecule has 0 aliphatic heterocycles. The van der Waals surface area contributed by atoms with E-state index in [-0.39, 0.29) is 12.3 Å². The lowest BCUT2D eigenvalue weighted by molar-refractivity contribution is -0.142. The van der Waals surface area contributed by atoms with Crippen molar-refractivity contribution >= 4 is 11.9 Å². The zero-order chi connectivity index (χ0) is 15.6. The van der Waals surface area contributed by atoms with Crippen molar-refractivity contribution in [2.75, 3.05) is 13.7 Å². The molecule has 0 spiro atoms. The summed E-state index contributed by atoms with van der Waals surface area (Å²) in [5.74, 6) is -0.504. The number of aliphatic carboxylic acids is 1. The molecular weight excluding hydrogens is 258 g/mol. The van der Waals surface area contributed by atoms with Crippen LogP contribution in [0.5, 0.6) is 0 Å². The SMILES string of the molecule is CCCC(CCNC(=O)C(C)(CC)OC)CCC(=O)O. The van der Waals surface area contributed by atoms with Gasteiger partial charge in [0.1, 0.15) is 5.60 Å². The summed E-state index contributed by atoms with van der Waals surface area (Å²) >= 11 is 0. The van der Waals surface area contributed by atoms with Gasteiger partial charge >= 0.3 is 5.97 Å². The van der Waals surface area contributed by atoms with Gasteiger partial charge in [-0.15, -0.1) is 0 Å². The number of methoxy groups -OCH3 is 1. The minimum atomic E-state index is -0.776. The lowest BCUT2D eigenvalue weighted by atomic mass is 9.94. The summed E-state index contributed by atoms with van der Waals surface area (Å²) in [6.45, 7) is 6.35. The molecule has 0 aromatic rings. The van der Waals surface area contributed by atoms with Crippen molar-refractivity contribution in [2.24, 2.45) is 5.92 Å². The second-order valence-corrected chi connectivity index (χ2v) is 5.42. The summed E-state index contributed by atoms with van der Waals surface area (Å²) < 4.78 is 5.24. The van der Waals surface area contributed by atoms with Crippen LogP contribution in [0.1, 0.15) is 59.3 Å². The fourth-order valence-electron chi connectivity index (χ4n) is 2.14. The maximum absolute atomic E-state index is 12.0. The Balaban J connectivity index is 4.16. The van der Waals surface area contributed by atoms with Crippen LogP contribution in [0, 0.1) is 5.92 Å². The molecule has 0 aliphatic carbocycles. The summed E-state index contributed by atoms with van der Waals surface area (Å²) in [6, 6.07) is 0. The molecule has 0 aromatic carbocycles. The molecule has 2 unspecified atom stereocenters. The van der Waals surface area contributed by atoms with E-state index in [2.05, 4.69) is 12.2 Å². The molecule has 0 bridgehead atoms. The molecule has 2 N–H and O–H groups in total. The second-order valence-electron chi connectivity index (χ2n) is 5.42. The van der Waals surface area contributed by atoms with E-state index >= 15 is 0 Å². The number of hydrogen-bond donors (Lipinski definition) is 2. The van der Waals surface area contributed by atoms with E-state index < -0.39 is 11.6 Å². The molecule has 118 valence electrons. The Hall–Kier alpha value is -1.10. The first-order chi connectivity index (χ1) is 9.39. The fraction of sp³-hybridized carbons (Fsp3) is 0.867. The van der Waals surface area contributed by atoms with E-state index in [0.29, 0.717) is 25.3 Å². The molecule has 0 aliphatic rings. The molecule has 1 amide bonds. The molecule has 0 aromatic heterocycles. The number of carbonyl (C=O) groups excluding carboxylic acids is 1. The number of hydrogen-bond acceptors (Lipinski definition) is 3. The molecule has 0 heterocycles. The van der Waals surface area contributed by atoms with Gasteiger partial charge in [0.2, 0.25) is 0 Å². The molecule has 5 nitrogen and oxygen atoms in total. The van der Waals surface area contributed by atoms with Crippen LogP contribution in [0.15, 0.2) is 0 Å². The fourth-order valence-corrected chi connectivity index (χ4v) is 2.14. The van der Waals surface area contributed by atoms with E-state index in [0.717, 1.165) is 19.3 Å². The quantitative estimate of drug-likeness (QED) is 0.612. The highest BCUT2D eigenvalue weighted by Crippen LogP contribution is 2.18. The largest absolute Gasteiger partial charge is 0.481 e. The first kappa shape index (κ1) is 18.9. The predicted octanol–water partition coefficient (Wildman–Crippen LogP) is 2.59.